The van der Waals surface area contributed by atoms with Crippen molar-refractivity contribution in [2.24, 2.45) is 0 Å². The Morgan fingerprint density at radius 1 is 0.907 bits per heavy atom. The van der Waals surface area contributed by atoms with Gasteiger partial charge in [0.05, 0.1) is 22.7 Å². The molecule has 0 radical (unpaired) electrons. The molecule has 6 aromatic rings. The molecule has 2 aromatic carbocycles. The summed E-state index contributed by atoms with van der Waals surface area (Å²) in [5.74, 6) is 0.303. The molecule has 1 aliphatic rings. The molecule has 5 heterocycles. The molecule has 9 nitrogen and oxygen atoms in total. The van der Waals surface area contributed by atoms with Crippen LogP contribution in [0.1, 0.15) is 18.4 Å². The van der Waals surface area contributed by atoms with E-state index in [-0.39, 0.29) is 5.82 Å². The average Bonchev–Trinajstić information content (AvgIpc) is 3.76. The molecule has 7 rings (SSSR count). The second kappa shape index (κ2) is 11.5. The standard InChI is InChI=1S/C33H34FN9/c1-42(2)10-7-37-26-13-23(12-25(34)15-26)28-18-36-19-30-31(28)39-33(38-30)32-27-14-22(5-6-29(27)40-41-32)24-11-21(16-35-17-24)20-43-8-3-4-9-43/h5-6,11-19,37H,3-4,7-10,20H2,1-2H3,(H,38,39)(H,40,41). The van der Waals surface area contributed by atoms with Gasteiger partial charge in [-0.3, -0.25) is 20.0 Å². The number of pyridine rings is 2. The van der Waals surface area contributed by atoms with E-state index in [4.69, 9.17) is 4.98 Å². The summed E-state index contributed by atoms with van der Waals surface area (Å²) in [6, 6.07) is 13.5. The largest absolute Gasteiger partial charge is 0.384 e. The molecule has 0 aliphatic carbocycles. The zero-order valence-electron chi connectivity index (χ0n) is 24.4. The second-order valence-corrected chi connectivity index (χ2v) is 11.5. The van der Waals surface area contributed by atoms with Crippen LogP contribution >= 0.6 is 0 Å². The van der Waals surface area contributed by atoms with E-state index >= 15 is 0 Å². The van der Waals surface area contributed by atoms with E-state index in [0.29, 0.717) is 29.1 Å². The normalized spacial score (nSPS) is 14.0. The third-order valence-corrected chi connectivity index (χ3v) is 8.01. The Bertz CT molecular complexity index is 1900. The highest BCUT2D eigenvalue weighted by molar-refractivity contribution is 5.98. The molecule has 10 heteroatoms. The number of aromatic nitrogens is 6. The first-order chi connectivity index (χ1) is 21.0. The van der Waals surface area contributed by atoms with E-state index in [1.165, 1.54) is 30.5 Å². The minimum absolute atomic E-state index is 0.317. The highest BCUT2D eigenvalue weighted by Crippen LogP contribution is 2.34. The Balaban J connectivity index is 1.22. The van der Waals surface area contributed by atoms with Gasteiger partial charge in [-0.1, -0.05) is 6.07 Å². The zero-order chi connectivity index (χ0) is 29.3. The molecule has 4 aromatic heterocycles. The van der Waals surface area contributed by atoms with Crippen LogP contribution in [0.4, 0.5) is 10.1 Å². The van der Waals surface area contributed by atoms with E-state index in [0.717, 1.165) is 65.0 Å². The monoisotopic (exact) mass is 575 g/mol. The summed E-state index contributed by atoms with van der Waals surface area (Å²) >= 11 is 0. The summed E-state index contributed by atoms with van der Waals surface area (Å²) in [6.07, 6.45) is 9.88. The number of hydrogen-bond donors (Lipinski definition) is 3. The van der Waals surface area contributed by atoms with Crippen molar-refractivity contribution in [3.8, 4) is 33.8 Å². The van der Waals surface area contributed by atoms with Crippen molar-refractivity contribution in [3.63, 3.8) is 0 Å². The van der Waals surface area contributed by atoms with Gasteiger partial charge in [0.1, 0.15) is 11.5 Å². The molecule has 0 saturated carbocycles. The Hall–Kier alpha value is -4.67. The van der Waals surface area contributed by atoms with Crippen LogP contribution < -0.4 is 5.32 Å². The number of benzene rings is 2. The fourth-order valence-electron chi connectivity index (χ4n) is 5.83. The number of aromatic amines is 2. The number of fused-ring (bicyclic) bond motifs is 2. The molecule has 43 heavy (non-hydrogen) atoms. The van der Waals surface area contributed by atoms with E-state index in [9.17, 15) is 4.39 Å². The summed E-state index contributed by atoms with van der Waals surface area (Å²) in [7, 11) is 4.02. The fraction of sp³-hybridized carbons (Fsp3) is 0.273. The van der Waals surface area contributed by atoms with Crippen LogP contribution in [0.15, 0.2) is 67.3 Å². The quantitative estimate of drug-likeness (QED) is 0.196. The van der Waals surface area contributed by atoms with Crippen LogP contribution in [0.3, 0.4) is 0 Å². The number of halogens is 1. The van der Waals surface area contributed by atoms with Crippen molar-refractivity contribution < 1.29 is 4.39 Å². The van der Waals surface area contributed by atoms with Crippen molar-refractivity contribution in [3.05, 3.63) is 78.6 Å². The molecular weight excluding hydrogens is 541 g/mol. The number of H-pyrrole nitrogens is 2. The molecule has 0 spiro atoms. The Kier molecular flexibility index (Phi) is 7.30. The fourth-order valence-corrected chi connectivity index (χ4v) is 5.83. The number of nitrogens with zero attached hydrogens (tertiary/aromatic N) is 6. The van der Waals surface area contributed by atoms with Crippen LogP contribution in [0.25, 0.3) is 55.7 Å². The number of rotatable bonds is 9. The molecule has 0 atom stereocenters. The van der Waals surface area contributed by atoms with Gasteiger partial charge in [-0.15, -0.1) is 0 Å². The van der Waals surface area contributed by atoms with Crippen molar-refractivity contribution in [2.75, 3.05) is 45.6 Å². The first-order valence-electron chi connectivity index (χ1n) is 14.7. The minimum atomic E-state index is -0.317. The van der Waals surface area contributed by atoms with Crippen LogP contribution in [0.2, 0.25) is 0 Å². The summed E-state index contributed by atoms with van der Waals surface area (Å²) in [5.41, 5.74) is 8.62. The number of nitrogens with one attached hydrogen (secondary N) is 3. The third kappa shape index (κ3) is 5.71. The predicted molar refractivity (Wildman–Crippen MR) is 169 cm³/mol. The zero-order valence-corrected chi connectivity index (χ0v) is 24.4. The van der Waals surface area contributed by atoms with Crippen LogP contribution in [-0.2, 0) is 6.54 Å². The van der Waals surface area contributed by atoms with Crippen LogP contribution in [-0.4, -0.2) is 80.2 Å². The Morgan fingerprint density at radius 3 is 2.63 bits per heavy atom. The van der Waals surface area contributed by atoms with Gasteiger partial charge in [0.15, 0.2) is 5.82 Å². The van der Waals surface area contributed by atoms with E-state index in [1.54, 1.807) is 12.4 Å². The minimum Gasteiger partial charge on any atom is -0.384 e. The third-order valence-electron chi connectivity index (χ3n) is 8.01. The summed E-state index contributed by atoms with van der Waals surface area (Å²) in [6.45, 7) is 4.77. The van der Waals surface area contributed by atoms with E-state index in [2.05, 4.69) is 58.5 Å². The van der Waals surface area contributed by atoms with Gasteiger partial charge < -0.3 is 15.2 Å². The number of likely N-dealkylation sites (N-methyl/N-ethyl adjacent to an activating group) is 1. The van der Waals surface area contributed by atoms with Gasteiger partial charge in [0, 0.05) is 60.4 Å². The van der Waals surface area contributed by atoms with E-state index in [1.807, 2.05) is 38.6 Å². The molecule has 1 aliphatic heterocycles. The molecule has 0 amide bonds. The lowest BCUT2D eigenvalue weighted by Gasteiger charge is -2.14. The number of hydrogen-bond acceptors (Lipinski definition) is 7. The SMILES string of the molecule is CN(C)CCNc1cc(F)cc(-c2cncc3[nH]c(-c4n[nH]c5ccc(-c6cncc(CN7CCCC7)c6)cc45)nc23)c1. The van der Waals surface area contributed by atoms with Gasteiger partial charge in [-0.05, 0) is 93.1 Å². The van der Waals surface area contributed by atoms with Crippen molar-refractivity contribution in [1.82, 2.24) is 39.9 Å². The van der Waals surface area contributed by atoms with Gasteiger partial charge >= 0.3 is 0 Å². The number of likely N-dealkylation sites (tertiary alicyclic amines) is 1. The molecule has 0 bridgehead atoms. The summed E-state index contributed by atoms with van der Waals surface area (Å²) in [5, 5.41) is 12.0. The van der Waals surface area contributed by atoms with Gasteiger partial charge in [-0.25, -0.2) is 9.37 Å². The molecular formula is C33H34FN9. The maximum atomic E-state index is 14.7. The predicted octanol–water partition coefficient (Wildman–Crippen LogP) is 5.94. The Labute approximate surface area is 249 Å². The second-order valence-electron chi connectivity index (χ2n) is 11.5. The lowest BCUT2D eigenvalue weighted by Crippen LogP contribution is -2.20. The summed E-state index contributed by atoms with van der Waals surface area (Å²) < 4.78 is 14.7. The van der Waals surface area contributed by atoms with Gasteiger partial charge in [0.25, 0.3) is 0 Å². The lowest BCUT2D eigenvalue weighted by atomic mass is 10.0. The number of anilines is 1. The van der Waals surface area contributed by atoms with E-state index < -0.39 is 0 Å². The van der Waals surface area contributed by atoms with Crippen LogP contribution in [0, 0.1) is 5.82 Å². The average molecular weight is 576 g/mol. The Morgan fingerprint density at radius 2 is 1.77 bits per heavy atom. The van der Waals surface area contributed by atoms with Gasteiger partial charge in [-0.2, -0.15) is 5.10 Å². The van der Waals surface area contributed by atoms with Crippen LogP contribution in [0.5, 0.6) is 0 Å². The van der Waals surface area contributed by atoms with Crippen molar-refractivity contribution >= 4 is 27.6 Å². The topological polar surface area (TPSA) is 102 Å². The molecule has 0 unspecified atom stereocenters. The molecule has 3 N–H and O–H groups in total. The molecule has 1 saturated heterocycles. The van der Waals surface area contributed by atoms with Crippen molar-refractivity contribution in [2.45, 2.75) is 19.4 Å². The maximum Gasteiger partial charge on any atom is 0.159 e. The first kappa shape index (κ1) is 27.2. The lowest BCUT2D eigenvalue weighted by molar-refractivity contribution is 0.331. The highest BCUT2D eigenvalue weighted by Gasteiger charge is 2.18. The highest BCUT2D eigenvalue weighted by atomic mass is 19.1. The first-order valence-corrected chi connectivity index (χ1v) is 14.7. The molecule has 1 fully saturated rings. The number of imidazole rings is 1. The smallest absolute Gasteiger partial charge is 0.159 e. The maximum absolute atomic E-state index is 14.7. The molecule has 218 valence electrons. The summed E-state index contributed by atoms with van der Waals surface area (Å²) in [4.78, 5) is 21.9. The van der Waals surface area contributed by atoms with Gasteiger partial charge in [0.2, 0.25) is 0 Å². The van der Waals surface area contributed by atoms with Crippen molar-refractivity contribution in [1.29, 1.82) is 0 Å².